The lowest BCUT2D eigenvalue weighted by Crippen LogP contribution is -2.55. The number of piperazine rings is 1. The summed E-state index contributed by atoms with van der Waals surface area (Å²) in [7, 11) is 2.18. The number of benzene rings is 2. The zero-order valence-corrected chi connectivity index (χ0v) is 19.0. The number of rotatable bonds is 4. The number of carbonyl (C=O) groups is 1. The molecule has 0 spiro atoms. The Kier molecular flexibility index (Phi) is 6.63. The number of phenols is 1. The molecule has 2 aliphatic rings. The largest absolute Gasteiger partial charge is 0.508 e. The van der Waals surface area contributed by atoms with Crippen molar-refractivity contribution in [2.24, 2.45) is 0 Å². The van der Waals surface area contributed by atoms with E-state index in [4.69, 9.17) is 0 Å². The van der Waals surface area contributed by atoms with Crippen molar-refractivity contribution in [3.8, 4) is 5.75 Å². The van der Waals surface area contributed by atoms with Crippen molar-refractivity contribution in [1.82, 2.24) is 14.7 Å². The molecule has 2 fully saturated rings. The van der Waals surface area contributed by atoms with Crippen LogP contribution in [0.2, 0.25) is 0 Å². The van der Waals surface area contributed by atoms with Crippen LogP contribution in [-0.2, 0) is 0 Å². The first kappa shape index (κ1) is 21.8. The van der Waals surface area contributed by atoms with Crippen LogP contribution in [0, 0.1) is 0 Å². The number of nitrogens with zero attached hydrogens (tertiary/aromatic N) is 3. The number of phenolic OH excluding ortho intramolecular Hbond substituents is 1. The summed E-state index contributed by atoms with van der Waals surface area (Å²) in [6.45, 7) is 8.13. The van der Waals surface area contributed by atoms with E-state index < -0.39 is 0 Å². The van der Waals surface area contributed by atoms with Crippen molar-refractivity contribution in [2.75, 3.05) is 33.2 Å². The third-order valence-corrected chi connectivity index (χ3v) is 7.03. The van der Waals surface area contributed by atoms with Crippen LogP contribution in [0.4, 0.5) is 0 Å². The molecule has 0 aromatic heterocycles. The topological polar surface area (TPSA) is 47.0 Å². The Labute approximate surface area is 186 Å². The molecule has 0 aliphatic carbocycles. The van der Waals surface area contributed by atoms with Crippen molar-refractivity contribution in [1.29, 1.82) is 0 Å². The summed E-state index contributed by atoms with van der Waals surface area (Å²) < 4.78 is 0. The van der Waals surface area contributed by atoms with Crippen LogP contribution in [-0.4, -0.2) is 71.0 Å². The lowest BCUT2D eigenvalue weighted by molar-refractivity contribution is 0.0384. The van der Waals surface area contributed by atoms with Crippen LogP contribution in [0.25, 0.3) is 0 Å². The molecule has 2 heterocycles. The molecule has 2 saturated heterocycles. The van der Waals surface area contributed by atoms with E-state index in [1.54, 1.807) is 6.07 Å². The summed E-state index contributed by atoms with van der Waals surface area (Å²) >= 11 is 0. The summed E-state index contributed by atoms with van der Waals surface area (Å²) in [5.74, 6) is 0.451. The molecule has 2 aromatic rings. The summed E-state index contributed by atoms with van der Waals surface area (Å²) in [5, 5.41) is 10.7. The van der Waals surface area contributed by atoms with Crippen LogP contribution >= 0.6 is 0 Å². The molecule has 0 bridgehead atoms. The highest BCUT2D eigenvalue weighted by Crippen LogP contribution is 2.37. The molecule has 2 aromatic carbocycles. The van der Waals surface area contributed by atoms with Gasteiger partial charge in [-0.25, -0.2) is 0 Å². The fourth-order valence-electron chi connectivity index (χ4n) is 5.04. The lowest BCUT2D eigenvalue weighted by atomic mass is 9.92. The Hall–Kier alpha value is -2.37. The Morgan fingerprint density at radius 1 is 0.935 bits per heavy atom. The minimum atomic E-state index is -0.0495. The minimum absolute atomic E-state index is 0.0495. The molecule has 166 valence electrons. The molecule has 3 atom stereocenters. The van der Waals surface area contributed by atoms with Gasteiger partial charge in [-0.15, -0.1) is 0 Å². The Morgan fingerprint density at radius 3 is 2.29 bits per heavy atom. The molecule has 0 saturated carbocycles. The van der Waals surface area contributed by atoms with Crippen LogP contribution in [0.1, 0.15) is 60.6 Å². The van der Waals surface area contributed by atoms with Crippen molar-refractivity contribution in [2.45, 2.75) is 51.2 Å². The fraction of sp³-hybridized carbons (Fsp3) is 0.500. The zero-order chi connectivity index (χ0) is 22.0. The maximum Gasteiger partial charge on any atom is 0.253 e. The van der Waals surface area contributed by atoms with E-state index in [1.807, 2.05) is 35.2 Å². The van der Waals surface area contributed by atoms with Gasteiger partial charge in [0.15, 0.2) is 0 Å². The molecular weight excluding hydrogens is 386 g/mol. The maximum absolute atomic E-state index is 12.9. The molecule has 1 N–H and O–H groups in total. The van der Waals surface area contributed by atoms with Gasteiger partial charge < -0.3 is 14.9 Å². The van der Waals surface area contributed by atoms with Gasteiger partial charge >= 0.3 is 0 Å². The molecule has 5 nitrogen and oxygen atoms in total. The number of aromatic hydroxyl groups is 1. The van der Waals surface area contributed by atoms with Gasteiger partial charge in [0.05, 0.1) is 6.04 Å². The first-order chi connectivity index (χ1) is 15.0. The first-order valence-corrected chi connectivity index (χ1v) is 11.6. The Morgan fingerprint density at radius 2 is 1.61 bits per heavy atom. The predicted octanol–water partition coefficient (Wildman–Crippen LogP) is 4.13. The van der Waals surface area contributed by atoms with Crippen LogP contribution < -0.4 is 0 Å². The molecule has 1 amide bonds. The number of hydrogen-bond acceptors (Lipinski definition) is 4. The van der Waals surface area contributed by atoms with E-state index in [9.17, 15) is 9.90 Å². The molecular formula is C26H35N3O2. The van der Waals surface area contributed by atoms with Gasteiger partial charge in [0.1, 0.15) is 5.75 Å². The number of likely N-dealkylation sites (N-methyl/N-ethyl adjacent to an activating group) is 1. The summed E-state index contributed by atoms with van der Waals surface area (Å²) in [5.41, 5.74) is 2.78. The summed E-state index contributed by atoms with van der Waals surface area (Å²) in [6.07, 6.45) is 3.41. The minimum Gasteiger partial charge on any atom is -0.508 e. The smallest absolute Gasteiger partial charge is 0.253 e. The monoisotopic (exact) mass is 421 g/mol. The van der Waals surface area contributed by atoms with Crippen molar-refractivity contribution < 1.29 is 9.90 Å². The van der Waals surface area contributed by atoms with Gasteiger partial charge in [0.25, 0.3) is 5.91 Å². The van der Waals surface area contributed by atoms with E-state index >= 15 is 0 Å². The quantitative estimate of drug-likeness (QED) is 0.806. The van der Waals surface area contributed by atoms with E-state index in [0.717, 1.165) is 55.7 Å². The fourth-order valence-corrected chi connectivity index (χ4v) is 5.04. The van der Waals surface area contributed by atoms with Gasteiger partial charge in [-0.3, -0.25) is 9.69 Å². The van der Waals surface area contributed by atoms with Crippen LogP contribution in [0.15, 0.2) is 48.5 Å². The van der Waals surface area contributed by atoms with Gasteiger partial charge in [-0.2, -0.15) is 0 Å². The first-order valence-electron chi connectivity index (χ1n) is 11.6. The lowest BCUT2D eigenvalue weighted by Gasteiger charge is -2.46. The number of para-hydroxylation sites is 1. The average Bonchev–Trinajstić information content (AvgIpc) is 2.79. The second kappa shape index (κ2) is 9.41. The number of likely N-dealkylation sites (tertiary alicyclic amines) is 1. The molecule has 0 unspecified atom stereocenters. The molecule has 0 radical (unpaired) electrons. The van der Waals surface area contributed by atoms with Gasteiger partial charge in [0, 0.05) is 49.4 Å². The van der Waals surface area contributed by atoms with Gasteiger partial charge in [-0.05, 0) is 63.9 Å². The van der Waals surface area contributed by atoms with E-state index in [2.05, 4.69) is 42.8 Å². The Bertz CT molecular complexity index is 892. The maximum atomic E-state index is 12.9. The summed E-state index contributed by atoms with van der Waals surface area (Å²) in [4.78, 5) is 19.8. The van der Waals surface area contributed by atoms with Gasteiger partial charge in [-0.1, -0.05) is 30.3 Å². The van der Waals surface area contributed by atoms with Crippen molar-refractivity contribution >= 4 is 5.91 Å². The second-order valence-corrected chi connectivity index (χ2v) is 9.27. The number of piperidine rings is 1. The highest BCUT2D eigenvalue weighted by Gasteiger charge is 2.34. The van der Waals surface area contributed by atoms with E-state index in [1.165, 1.54) is 6.42 Å². The third kappa shape index (κ3) is 4.63. The number of hydrogen-bond donors (Lipinski definition) is 1. The highest BCUT2D eigenvalue weighted by molar-refractivity contribution is 5.94. The Balaban J connectivity index is 1.65. The SMILES string of the molecule is C[C@H]1CN([C@@H](c2ccc(C(=O)N3CCCCC3)cc2)c2ccccc2O)[C@@H](C)CN1C. The second-order valence-electron chi connectivity index (χ2n) is 9.27. The molecule has 5 heteroatoms. The molecule has 31 heavy (non-hydrogen) atoms. The van der Waals surface area contributed by atoms with Crippen molar-refractivity contribution in [3.63, 3.8) is 0 Å². The number of amides is 1. The molecule has 4 rings (SSSR count). The number of carbonyl (C=O) groups excluding carboxylic acids is 1. The highest BCUT2D eigenvalue weighted by atomic mass is 16.3. The normalized spacial score (nSPS) is 24.2. The summed E-state index contributed by atoms with van der Waals surface area (Å²) in [6, 6.07) is 16.4. The van der Waals surface area contributed by atoms with Gasteiger partial charge in [0.2, 0.25) is 0 Å². The zero-order valence-electron chi connectivity index (χ0n) is 19.0. The van der Waals surface area contributed by atoms with Crippen LogP contribution in [0.5, 0.6) is 5.75 Å². The average molecular weight is 422 g/mol. The third-order valence-electron chi connectivity index (χ3n) is 7.03. The molecule has 2 aliphatic heterocycles. The van der Waals surface area contributed by atoms with E-state index in [0.29, 0.717) is 17.8 Å². The predicted molar refractivity (Wildman–Crippen MR) is 124 cm³/mol. The van der Waals surface area contributed by atoms with Crippen molar-refractivity contribution in [3.05, 3.63) is 65.2 Å². The van der Waals surface area contributed by atoms with E-state index in [-0.39, 0.29) is 11.9 Å². The van der Waals surface area contributed by atoms with Crippen LogP contribution in [0.3, 0.4) is 0 Å². The standard InChI is InChI=1S/C26H35N3O2/c1-19-18-29(20(2)17-27(19)3)25(23-9-5-6-10-24(23)30)21-11-13-22(14-12-21)26(31)28-15-7-4-8-16-28/h5-6,9-14,19-20,25,30H,4,7-8,15-18H2,1-3H3/t19-,20-,25-/m0/s1.